The third kappa shape index (κ3) is 3.65. The molecule has 2 rings (SSSR count). The van der Waals surface area contributed by atoms with E-state index >= 15 is 0 Å². The minimum absolute atomic E-state index is 0.269. The minimum Gasteiger partial charge on any atom is -0.490 e. The maximum absolute atomic E-state index is 11.9. The van der Waals surface area contributed by atoms with Crippen molar-refractivity contribution in [1.29, 1.82) is 0 Å². The first-order valence-electron chi connectivity index (χ1n) is 7.00. The Morgan fingerprint density at radius 1 is 1.19 bits per heavy atom. The van der Waals surface area contributed by atoms with Gasteiger partial charge in [-0.05, 0) is 32.4 Å². The quantitative estimate of drug-likeness (QED) is 0.804. The van der Waals surface area contributed by atoms with E-state index in [9.17, 15) is 9.59 Å². The molecule has 1 aliphatic carbocycles. The second kappa shape index (κ2) is 6.47. The summed E-state index contributed by atoms with van der Waals surface area (Å²) in [6, 6.07) is 5.12. The maximum atomic E-state index is 11.9. The molecule has 2 unspecified atom stereocenters. The van der Waals surface area contributed by atoms with E-state index < -0.39 is 17.8 Å². The number of ether oxygens (including phenoxy) is 2. The van der Waals surface area contributed by atoms with Crippen LogP contribution in [-0.2, 0) is 9.59 Å². The van der Waals surface area contributed by atoms with Crippen molar-refractivity contribution in [2.24, 2.45) is 11.8 Å². The number of hydrogen-bond acceptors (Lipinski definition) is 4. The Labute approximate surface area is 123 Å². The van der Waals surface area contributed by atoms with Gasteiger partial charge in [0.1, 0.15) is 0 Å². The van der Waals surface area contributed by atoms with E-state index in [-0.39, 0.29) is 5.91 Å². The normalized spacial score (nSPS) is 19.7. The first-order chi connectivity index (χ1) is 10.1. The molecule has 0 radical (unpaired) electrons. The fourth-order valence-corrected chi connectivity index (χ4v) is 2.12. The van der Waals surface area contributed by atoms with Gasteiger partial charge < -0.3 is 19.9 Å². The molecule has 0 spiro atoms. The lowest BCUT2D eigenvalue weighted by molar-refractivity contribution is -0.139. The van der Waals surface area contributed by atoms with Crippen molar-refractivity contribution in [3.63, 3.8) is 0 Å². The Balaban J connectivity index is 2.05. The fourth-order valence-electron chi connectivity index (χ4n) is 2.12. The summed E-state index contributed by atoms with van der Waals surface area (Å²) in [7, 11) is 0. The average molecular weight is 293 g/mol. The number of aliphatic carboxylic acids is 1. The van der Waals surface area contributed by atoms with Gasteiger partial charge in [0.05, 0.1) is 25.0 Å². The Hall–Kier alpha value is -2.24. The van der Waals surface area contributed by atoms with Gasteiger partial charge in [-0.15, -0.1) is 0 Å². The third-order valence-electron chi connectivity index (χ3n) is 3.26. The Morgan fingerprint density at radius 2 is 1.86 bits per heavy atom. The second-order valence-corrected chi connectivity index (χ2v) is 4.80. The van der Waals surface area contributed by atoms with Gasteiger partial charge in [-0.3, -0.25) is 9.59 Å². The standard InChI is InChI=1S/C15H19NO5/c1-3-20-12-6-5-9(7-13(12)21-4-2)16-14(17)10-8-11(10)15(18)19/h5-7,10-11H,3-4,8H2,1-2H3,(H,16,17)(H,18,19). The van der Waals surface area contributed by atoms with Crippen LogP contribution in [0.2, 0.25) is 0 Å². The van der Waals surface area contributed by atoms with Crippen molar-refractivity contribution in [3.05, 3.63) is 18.2 Å². The third-order valence-corrected chi connectivity index (χ3v) is 3.26. The van der Waals surface area contributed by atoms with Crippen molar-refractivity contribution in [1.82, 2.24) is 0 Å². The molecule has 0 saturated heterocycles. The molecule has 2 N–H and O–H groups in total. The van der Waals surface area contributed by atoms with Crippen molar-refractivity contribution in [2.75, 3.05) is 18.5 Å². The summed E-state index contributed by atoms with van der Waals surface area (Å²) >= 11 is 0. The molecule has 1 amide bonds. The number of carbonyl (C=O) groups is 2. The highest BCUT2D eigenvalue weighted by Gasteiger charge is 2.48. The summed E-state index contributed by atoms with van der Waals surface area (Å²) in [6.45, 7) is 4.75. The molecule has 21 heavy (non-hydrogen) atoms. The summed E-state index contributed by atoms with van der Waals surface area (Å²) < 4.78 is 10.9. The molecule has 6 nitrogen and oxygen atoms in total. The Bertz CT molecular complexity index is 543. The molecule has 1 aromatic carbocycles. The van der Waals surface area contributed by atoms with Crippen LogP contribution in [0.5, 0.6) is 11.5 Å². The predicted molar refractivity (Wildman–Crippen MR) is 76.6 cm³/mol. The summed E-state index contributed by atoms with van der Waals surface area (Å²) in [4.78, 5) is 22.7. The molecule has 1 aliphatic rings. The van der Waals surface area contributed by atoms with E-state index in [1.54, 1.807) is 18.2 Å². The summed E-state index contributed by atoms with van der Waals surface area (Å²) in [6.07, 6.45) is 0.399. The molecule has 114 valence electrons. The number of nitrogens with one attached hydrogen (secondary N) is 1. The lowest BCUT2D eigenvalue weighted by Crippen LogP contribution is -2.16. The van der Waals surface area contributed by atoms with E-state index in [0.29, 0.717) is 36.8 Å². The predicted octanol–water partition coefficient (Wildman–Crippen LogP) is 2.14. The van der Waals surface area contributed by atoms with Crippen LogP contribution in [0.1, 0.15) is 20.3 Å². The molecule has 1 fully saturated rings. The summed E-state index contributed by atoms with van der Waals surface area (Å²) in [5.41, 5.74) is 0.572. The molecule has 0 aliphatic heterocycles. The summed E-state index contributed by atoms with van der Waals surface area (Å²) in [5, 5.41) is 11.6. The molecule has 0 aromatic heterocycles. The van der Waals surface area contributed by atoms with Gasteiger partial charge in [0, 0.05) is 11.8 Å². The van der Waals surface area contributed by atoms with Gasteiger partial charge in [-0.25, -0.2) is 0 Å². The minimum atomic E-state index is -0.920. The molecule has 1 aromatic rings. The number of amides is 1. The van der Waals surface area contributed by atoms with Crippen molar-refractivity contribution < 1.29 is 24.2 Å². The highest BCUT2D eigenvalue weighted by atomic mass is 16.5. The SMILES string of the molecule is CCOc1ccc(NC(=O)C2CC2C(=O)O)cc1OCC. The van der Waals surface area contributed by atoms with Crippen molar-refractivity contribution in [2.45, 2.75) is 20.3 Å². The van der Waals surface area contributed by atoms with Gasteiger partial charge in [0.25, 0.3) is 0 Å². The van der Waals surface area contributed by atoms with Crippen LogP contribution >= 0.6 is 0 Å². The van der Waals surface area contributed by atoms with Crippen LogP contribution in [0, 0.1) is 11.8 Å². The number of carbonyl (C=O) groups excluding carboxylic acids is 1. The van der Waals surface area contributed by atoms with Gasteiger partial charge >= 0.3 is 5.97 Å². The smallest absolute Gasteiger partial charge is 0.307 e. The highest BCUT2D eigenvalue weighted by molar-refractivity contribution is 5.98. The van der Waals surface area contributed by atoms with Crippen molar-refractivity contribution in [3.8, 4) is 11.5 Å². The van der Waals surface area contributed by atoms with E-state index in [1.165, 1.54) is 0 Å². The monoisotopic (exact) mass is 293 g/mol. The largest absolute Gasteiger partial charge is 0.490 e. The van der Waals surface area contributed by atoms with Crippen LogP contribution in [0.4, 0.5) is 5.69 Å². The van der Waals surface area contributed by atoms with Crippen LogP contribution in [0.25, 0.3) is 0 Å². The van der Waals surface area contributed by atoms with E-state index in [0.717, 1.165) is 0 Å². The second-order valence-electron chi connectivity index (χ2n) is 4.80. The zero-order chi connectivity index (χ0) is 15.4. The van der Waals surface area contributed by atoms with Crippen LogP contribution in [0.15, 0.2) is 18.2 Å². The topological polar surface area (TPSA) is 84.9 Å². The van der Waals surface area contributed by atoms with Crippen LogP contribution in [0.3, 0.4) is 0 Å². The molecule has 0 heterocycles. The number of rotatable bonds is 7. The number of carboxylic acid groups (broad SMARTS) is 1. The zero-order valence-electron chi connectivity index (χ0n) is 12.1. The number of carboxylic acids is 1. The highest BCUT2D eigenvalue weighted by Crippen LogP contribution is 2.40. The molecule has 6 heteroatoms. The Morgan fingerprint density at radius 3 is 2.43 bits per heavy atom. The fraction of sp³-hybridized carbons (Fsp3) is 0.467. The first-order valence-corrected chi connectivity index (χ1v) is 7.00. The molecule has 0 bridgehead atoms. The number of benzene rings is 1. The number of hydrogen-bond donors (Lipinski definition) is 2. The van der Waals surface area contributed by atoms with E-state index in [1.807, 2.05) is 13.8 Å². The lowest BCUT2D eigenvalue weighted by atomic mass is 10.2. The van der Waals surface area contributed by atoms with Crippen LogP contribution in [-0.4, -0.2) is 30.2 Å². The van der Waals surface area contributed by atoms with Gasteiger partial charge in [0.2, 0.25) is 5.91 Å². The Kier molecular flexibility index (Phi) is 4.67. The van der Waals surface area contributed by atoms with Gasteiger partial charge in [0.15, 0.2) is 11.5 Å². The van der Waals surface area contributed by atoms with Gasteiger partial charge in [-0.1, -0.05) is 0 Å². The average Bonchev–Trinajstić information content (AvgIpc) is 3.22. The lowest BCUT2D eigenvalue weighted by Gasteiger charge is -2.13. The van der Waals surface area contributed by atoms with E-state index in [4.69, 9.17) is 14.6 Å². The summed E-state index contributed by atoms with van der Waals surface area (Å²) in [5.74, 6) is -1.01. The van der Waals surface area contributed by atoms with Crippen molar-refractivity contribution >= 4 is 17.6 Å². The molecular weight excluding hydrogens is 274 g/mol. The molecule has 1 saturated carbocycles. The molecular formula is C15H19NO5. The first kappa shape index (κ1) is 15.2. The zero-order valence-corrected chi connectivity index (χ0v) is 12.1. The van der Waals surface area contributed by atoms with Crippen LogP contribution < -0.4 is 14.8 Å². The molecule has 2 atom stereocenters. The van der Waals surface area contributed by atoms with Gasteiger partial charge in [-0.2, -0.15) is 0 Å². The number of anilines is 1. The maximum Gasteiger partial charge on any atom is 0.307 e. The van der Waals surface area contributed by atoms with E-state index in [2.05, 4.69) is 5.32 Å².